The van der Waals surface area contributed by atoms with E-state index in [2.05, 4.69) is 0 Å². The predicted octanol–water partition coefficient (Wildman–Crippen LogP) is 3.32. The van der Waals surface area contributed by atoms with Gasteiger partial charge in [-0.3, -0.25) is 19.7 Å². The molecule has 12 heteroatoms. The second-order valence-electron chi connectivity index (χ2n) is 8.30. The van der Waals surface area contributed by atoms with Crippen LogP contribution in [0.2, 0.25) is 0 Å². The van der Waals surface area contributed by atoms with E-state index in [-0.39, 0.29) is 17.9 Å². The summed E-state index contributed by atoms with van der Waals surface area (Å²) in [5, 5.41) is 24.2. The summed E-state index contributed by atoms with van der Waals surface area (Å²) in [5.41, 5.74) is -1.71. The Labute approximate surface area is 184 Å². The molecular formula is C21H18F3N3O6. The minimum absolute atomic E-state index is 0.0414. The molecule has 4 rings (SSSR count). The Hall–Kier alpha value is -3.67. The van der Waals surface area contributed by atoms with Gasteiger partial charge in [-0.05, 0) is 25.5 Å². The number of nitrogens with one attached hydrogen (secondary N) is 1. The molecule has 0 aliphatic carbocycles. The second-order valence-corrected chi connectivity index (χ2v) is 8.30. The number of amides is 2. The number of alkyl halides is 3. The van der Waals surface area contributed by atoms with Crippen molar-refractivity contribution in [3.05, 3.63) is 63.2 Å². The Balaban J connectivity index is 1.84. The molecule has 0 saturated carbocycles. The van der Waals surface area contributed by atoms with Gasteiger partial charge in [0, 0.05) is 29.8 Å². The van der Waals surface area contributed by atoms with Crippen molar-refractivity contribution in [2.75, 3.05) is 5.32 Å². The summed E-state index contributed by atoms with van der Waals surface area (Å²) in [4.78, 5) is 36.5. The van der Waals surface area contributed by atoms with Crippen molar-refractivity contribution < 1.29 is 37.5 Å². The van der Waals surface area contributed by atoms with Gasteiger partial charge in [0.15, 0.2) is 0 Å². The molecule has 2 N–H and O–H groups in total. The fourth-order valence-corrected chi connectivity index (χ4v) is 4.08. The fraction of sp³-hybridized carbons (Fsp3) is 0.333. The highest BCUT2D eigenvalue weighted by atomic mass is 19.4. The number of rotatable bonds is 3. The summed E-state index contributed by atoms with van der Waals surface area (Å²) < 4.78 is 43.9. The van der Waals surface area contributed by atoms with Crippen LogP contribution in [0.4, 0.5) is 24.5 Å². The SMILES string of the molecule is CC1(C)Oc2cc(NC(=O)C(F)(F)F)c([N+](=O)[O-])cc2[C@H](N2Cc3ccccc3C2=O)C1O. The molecule has 2 aliphatic rings. The van der Waals surface area contributed by atoms with Crippen molar-refractivity contribution in [1.29, 1.82) is 0 Å². The number of hydrogen-bond donors (Lipinski definition) is 2. The minimum Gasteiger partial charge on any atom is -0.485 e. The lowest BCUT2D eigenvalue weighted by molar-refractivity contribution is -0.384. The normalized spacial score (nSPS) is 21.2. The summed E-state index contributed by atoms with van der Waals surface area (Å²) in [5.74, 6) is -2.89. The van der Waals surface area contributed by atoms with Crippen molar-refractivity contribution in [3.8, 4) is 5.75 Å². The number of benzene rings is 2. The lowest BCUT2D eigenvalue weighted by Gasteiger charge is -2.45. The Morgan fingerprint density at radius 2 is 1.97 bits per heavy atom. The Bertz CT molecular complexity index is 1180. The average molecular weight is 465 g/mol. The number of nitro groups is 1. The third-order valence-electron chi connectivity index (χ3n) is 5.72. The highest BCUT2D eigenvalue weighted by Crippen LogP contribution is 2.48. The number of ether oxygens (including phenoxy) is 1. The molecule has 0 saturated heterocycles. The fourth-order valence-electron chi connectivity index (χ4n) is 4.08. The van der Waals surface area contributed by atoms with Crippen LogP contribution in [0, 0.1) is 10.1 Å². The van der Waals surface area contributed by atoms with Crippen LogP contribution in [0.1, 0.15) is 41.4 Å². The molecule has 0 aromatic heterocycles. The van der Waals surface area contributed by atoms with Crippen LogP contribution >= 0.6 is 0 Å². The molecule has 9 nitrogen and oxygen atoms in total. The number of carbonyl (C=O) groups is 2. The van der Waals surface area contributed by atoms with Gasteiger partial charge in [-0.1, -0.05) is 18.2 Å². The van der Waals surface area contributed by atoms with Gasteiger partial charge in [0.2, 0.25) is 0 Å². The first-order chi connectivity index (χ1) is 15.3. The van der Waals surface area contributed by atoms with E-state index in [1.807, 2.05) is 0 Å². The van der Waals surface area contributed by atoms with Crippen molar-refractivity contribution in [3.63, 3.8) is 0 Å². The summed E-state index contributed by atoms with van der Waals surface area (Å²) >= 11 is 0. The molecule has 2 aromatic carbocycles. The van der Waals surface area contributed by atoms with Crippen LogP contribution in [0.15, 0.2) is 36.4 Å². The van der Waals surface area contributed by atoms with E-state index >= 15 is 0 Å². The molecule has 2 aliphatic heterocycles. The first-order valence-electron chi connectivity index (χ1n) is 9.77. The van der Waals surface area contributed by atoms with Crippen LogP contribution in [0.25, 0.3) is 0 Å². The largest absolute Gasteiger partial charge is 0.485 e. The second kappa shape index (κ2) is 7.44. The van der Waals surface area contributed by atoms with Crippen LogP contribution in [-0.2, 0) is 11.3 Å². The number of nitrogens with zero attached hydrogens (tertiary/aromatic N) is 2. The lowest BCUT2D eigenvalue weighted by atomic mass is 9.85. The van der Waals surface area contributed by atoms with Gasteiger partial charge in [0.05, 0.1) is 11.0 Å². The van der Waals surface area contributed by atoms with Crippen molar-refractivity contribution >= 4 is 23.2 Å². The standard InChI is InChI=1S/C21H18F3N3O6/c1-20(2)17(28)16(26-9-10-5-3-4-6-11(10)18(26)29)12-7-14(27(31)32)13(8-15(12)33-20)25-19(30)21(22,23)24/h3-8,16-17,28H,9H2,1-2H3,(H,25,30)/t16-,17?/m0/s1. The average Bonchev–Trinajstić information content (AvgIpc) is 3.04. The van der Waals surface area contributed by atoms with Crippen LogP contribution in [0.5, 0.6) is 5.75 Å². The Morgan fingerprint density at radius 3 is 2.58 bits per heavy atom. The van der Waals surface area contributed by atoms with E-state index in [1.54, 1.807) is 24.3 Å². The van der Waals surface area contributed by atoms with Gasteiger partial charge in [0.25, 0.3) is 11.6 Å². The summed E-state index contributed by atoms with van der Waals surface area (Å²) in [6.07, 6.45) is -6.59. The molecule has 33 heavy (non-hydrogen) atoms. The van der Waals surface area contributed by atoms with Gasteiger partial charge in [-0.15, -0.1) is 0 Å². The Kier molecular flexibility index (Phi) is 5.08. The van der Waals surface area contributed by atoms with E-state index in [9.17, 15) is 38.0 Å². The van der Waals surface area contributed by atoms with E-state index in [4.69, 9.17) is 4.74 Å². The number of carbonyl (C=O) groups excluding carboxylic acids is 2. The van der Waals surface area contributed by atoms with E-state index < -0.39 is 52.0 Å². The summed E-state index contributed by atoms with van der Waals surface area (Å²) in [6, 6.07) is 7.52. The smallest absolute Gasteiger partial charge is 0.471 e. The van der Waals surface area contributed by atoms with Gasteiger partial charge in [-0.2, -0.15) is 13.2 Å². The topological polar surface area (TPSA) is 122 Å². The number of nitro benzene ring substituents is 1. The quantitative estimate of drug-likeness (QED) is 0.530. The molecule has 2 atom stereocenters. The highest BCUT2D eigenvalue weighted by molar-refractivity contribution is 5.99. The maximum absolute atomic E-state index is 13.1. The van der Waals surface area contributed by atoms with Crippen LogP contribution in [0.3, 0.4) is 0 Å². The van der Waals surface area contributed by atoms with E-state index in [0.29, 0.717) is 11.1 Å². The maximum atomic E-state index is 13.1. The molecule has 2 amide bonds. The molecule has 2 heterocycles. The van der Waals surface area contributed by atoms with Crippen LogP contribution in [-0.4, -0.2) is 44.6 Å². The number of halogens is 3. The molecule has 0 spiro atoms. The van der Waals surface area contributed by atoms with Gasteiger partial charge in [-0.25, -0.2) is 0 Å². The van der Waals surface area contributed by atoms with Gasteiger partial charge >= 0.3 is 12.1 Å². The van der Waals surface area contributed by atoms with Crippen molar-refractivity contribution in [2.24, 2.45) is 0 Å². The number of aliphatic hydroxyl groups is 1. The third kappa shape index (κ3) is 3.75. The number of fused-ring (bicyclic) bond motifs is 2. The number of anilines is 1. The zero-order valence-electron chi connectivity index (χ0n) is 17.3. The molecule has 0 bridgehead atoms. The molecule has 174 valence electrons. The maximum Gasteiger partial charge on any atom is 0.471 e. The predicted molar refractivity (Wildman–Crippen MR) is 108 cm³/mol. The summed E-state index contributed by atoms with van der Waals surface area (Å²) in [6.45, 7) is 3.14. The van der Waals surface area contributed by atoms with Crippen molar-refractivity contribution in [2.45, 2.75) is 44.3 Å². The van der Waals surface area contributed by atoms with Gasteiger partial charge in [0.1, 0.15) is 23.1 Å². The van der Waals surface area contributed by atoms with Crippen molar-refractivity contribution in [1.82, 2.24) is 4.90 Å². The zero-order valence-corrected chi connectivity index (χ0v) is 17.3. The molecule has 0 radical (unpaired) electrons. The molecule has 0 fully saturated rings. The Morgan fingerprint density at radius 1 is 1.30 bits per heavy atom. The molecule has 1 unspecified atom stereocenters. The summed E-state index contributed by atoms with van der Waals surface area (Å²) in [7, 11) is 0. The monoisotopic (exact) mass is 465 g/mol. The third-order valence-corrected chi connectivity index (χ3v) is 5.72. The first-order valence-corrected chi connectivity index (χ1v) is 9.77. The number of aliphatic hydroxyl groups excluding tert-OH is 1. The molecular weight excluding hydrogens is 447 g/mol. The van der Waals surface area contributed by atoms with E-state index in [0.717, 1.165) is 12.1 Å². The van der Waals surface area contributed by atoms with Gasteiger partial charge < -0.3 is 20.1 Å². The molecule has 2 aromatic rings. The van der Waals surface area contributed by atoms with E-state index in [1.165, 1.54) is 24.1 Å². The first kappa shape index (κ1) is 22.5. The lowest BCUT2D eigenvalue weighted by Crippen LogP contribution is -2.53. The zero-order chi connectivity index (χ0) is 24.3. The minimum atomic E-state index is -5.27. The number of hydrogen-bond acceptors (Lipinski definition) is 6. The van der Waals surface area contributed by atoms with Crippen LogP contribution < -0.4 is 10.1 Å². The highest BCUT2D eigenvalue weighted by Gasteiger charge is 2.49.